The topological polar surface area (TPSA) is 77.0 Å². The van der Waals surface area contributed by atoms with Gasteiger partial charge in [-0.25, -0.2) is 4.79 Å². The van der Waals surface area contributed by atoms with E-state index in [1.807, 2.05) is 0 Å². The van der Waals surface area contributed by atoms with Gasteiger partial charge in [0.2, 0.25) is 0 Å². The van der Waals surface area contributed by atoms with Crippen LogP contribution in [-0.2, 0) is 16.8 Å². The number of urea groups is 1. The largest absolute Gasteiger partial charge is 0.506 e. The van der Waals surface area contributed by atoms with Crippen LogP contribution in [0, 0.1) is 5.92 Å². The summed E-state index contributed by atoms with van der Waals surface area (Å²) < 4.78 is 0. The number of hydrogen-bond acceptors (Lipinski definition) is 5. The molecule has 0 unspecified atom stereocenters. The summed E-state index contributed by atoms with van der Waals surface area (Å²) >= 11 is 0. The number of aromatic nitrogens is 1. The fourth-order valence-electron chi connectivity index (χ4n) is 6.53. The number of carbonyl (C=O) groups excluding carboxylic acids is 2. The van der Waals surface area contributed by atoms with Crippen LogP contribution in [0.4, 0.5) is 4.79 Å². The van der Waals surface area contributed by atoms with E-state index in [9.17, 15) is 14.7 Å². The van der Waals surface area contributed by atoms with Crippen LogP contribution in [0.2, 0.25) is 0 Å². The molecule has 7 heteroatoms. The van der Waals surface area contributed by atoms with Crippen LogP contribution < -0.4 is 0 Å². The molecular weight excluding hydrogens is 452 g/mol. The van der Waals surface area contributed by atoms with Crippen LogP contribution >= 0.6 is 0 Å². The number of ketones is 1. The molecule has 1 spiro atoms. The molecule has 5 rings (SSSR count). The summed E-state index contributed by atoms with van der Waals surface area (Å²) in [6.07, 6.45) is 9.01. The Bertz CT molecular complexity index is 1090. The SMILES string of the molecule is CN(C)C1(c2ccccc2)CCC2(CC1)CN(CC(=O)Cc1ncccc1O)C(=O)N2CC1CCC1. The minimum Gasteiger partial charge on any atom is -0.506 e. The van der Waals surface area contributed by atoms with E-state index < -0.39 is 0 Å². The summed E-state index contributed by atoms with van der Waals surface area (Å²) in [5.74, 6) is 0.497. The number of Topliss-reactive ketones (excluding diaryl/α,β-unsaturated/α-hetero) is 1. The summed E-state index contributed by atoms with van der Waals surface area (Å²) in [7, 11) is 4.32. The van der Waals surface area contributed by atoms with Gasteiger partial charge >= 0.3 is 6.03 Å². The summed E-state index contributed by atoms with van der Waals surface area (Å²) in [6.45, 7) is 1.46. The molecule has 0 bridgehead atoms. The Morgan fingerprint density at radius 3 is 2.42 bits per heavy atom. The number of pyridine rings is 1. The van der Waals surface area contributed by atoms with Crippen LogP contribution in [0.3, 0.4) is 0 Å². The Morgan fingerprint density at radius 1 is 1.08 bits per heavy atom. The molecule has 2 heterocycles. The first-order chi connectivity index (χ1) is 17.3. The van der Waals surface area contributed by atoms with Crippen LogP contribution in [0.5, 0.6) is 5.75 Å². The monoisotopic (exact) mass is 490 g/mol. The Balaban J connectivity index is 1.35. The number of rotatable bonds is 8. The number of benzene rings is 1. The molecule has 192 valence electrons. The predicted molar refractivity (Wildman–Crippen MR) is 139 cm³/mol. The van der Waals surface area contributed by atoms with E-state index in [2.05, 4.69) is 59.2 Å². The minimum absolute atomic E-state index is 0.00226. The zero-order valence-corrected chi connectivity index (χ0v) is 21.5. The molecule has 0 atom stereocenters. The molecule has 36 heavy (non-hydrogen) atoms. The zero-order valence-electron chi connectivity index (χ0n) is 21.5. The van der Waals surface area contributed by atoms with Gasteiger partial charge < -0.3 is 14.9 Å². The first-order valence-electron chi connectivity index (χ1n) is 13.3. The second-order valence-corrected chi connectivity index (χ2v) is 11.2. The van der Waals surface area contributed by atoms with Gasteiger partial charge in [-0.05, 0) is 76.2 Å². The quantitative estimate of drug-likeness (QED) is 0.600. The van der Waals surface area contributed by atoms with Crippen LogP contribution in [-0.4, -0.2) is 75.9 Å². The van der Waals surface area contributed by atoms with Crippen molar-refractivity contribution in [2.45, 2.75) is 62.4 Å². The third-order valence-corrected chi connectivity index (χ3v) is 9.00. The molecule has 3 fully saturated rings. The third-order valence-electron chi connectivity index (χ3n) is 9.00. The van der Waals surface area contributed by atoms with Gasteiger partial charge in [0, 0.05) is 24.8 Å². The fraction of sp³-hybridized carbons (Fsp3) is 0.552. The van der Waals surface area contributed by atoms with E-state index in [0.717, 1.165) is 32.2 Å². The maximum atomic E-state index is 13.7. The standard InChI is InChI=1S/C29H38N4O3/c1-31(2)29(23-10-4-3-5-11-23)15-13-28(14-16-29)21-32(27(36)33(28)19-22-8-6-9-22)20-24(34)18-25-26(35)12-7-17-30-25/h3-5,7,10-12,17,22,35H,6,8-9,13-16,18-21H2,1-2H3. The number of carbonyl (C=O) groups is 2. The number of hydrogen-bond donors (Lipinski definition) is 1. The van der Waals surface area contributed by atoms with Crippen molar-refractivity contribution in [2.24, 2.45) is 5.92 Å². The lowest BCUT2D eigenvalue weighted by Gasteiger charge is -2.51. The van der Waals surface area contributed by atoms with Gasteiger partial charge in [-0.1, -0.05) is 36.8 Å². The van der Waals surface area contributed by atoms with Crippen LogP contribution in [0.1, 0.15) is 56.2 Å². The average molecular weight is 491 g/mol. The third kappa shape index (κ3) is 4.49. The van der Waals surface area contributed by atoms with Gasteiger partial charge in [0.25, 0.3) is 0 Å². The van der Waals surface area contributed by atoms with Crippen molar-refractivity contribution in [3.63, 3.8) is 0 Å². The minimum atomic E-state index is -0.228. The molecule has 2 amide bonds. The van der Waals surface area contributed by atoms with E-state index in [1.165, 1.54) is 30.9 Å². The summed E-state index contributed by atoms with van der Waals surface area (Å²) in [4.78, 5) is 37.0. The first-order valence-corrected chi connectivity index (χ1v) is 13.3. The lowest BCUT2D eigenvalue weighted by atomic mass is 9.68. The van der Waals surface area contributed by atoms with Crippen molar-refractivity contribution >= 4 is 11.8 Å². The van der Waals surface area contributed by atoms with E-state index in [1.54, 1.807) is 17.2 Å². The zero-order chi connectivity index (χ0) is 25.3. The van der Waals surface area contributed by atoms with Crippen molar-refractivity contribution in [3.05, 3.63) is 59.9 Å². The molecule has 1 saturated heterocycles. The van der Waals surface area contributed by atoms with E-state index in [-0.39, 0.29) is 41.6 Å². The molecule has 2 aliphatic carbocycles. The van der Waals surface area contributed by atoms with Crippen LogP contribution in [0.15, 0.2) is 48.7 Å². The molecule has 1 aromatic heterocycles. The lowest BCUT2D eigenvalue weighted by Crippen LogP contribution is -2.56. The highest BCUT2D eigenvalue weighted by atomic mass is 16.3. The molecule has 2 saturated carbocycles. The van der Waals surface area contributed by atoms with Gasteiger partial charge in [0.05, 0.1) is 24.2 Å². The number of aromatic hydroxyl groups is 1. The second-order valence-electron chi connectivity index (χ2n) is 11.2. The summed E-state index contributed by atoms with van der Waals surface area (Å²) in [5, 5.41) is 10.0. The maximum absolute atomic E-state index is 13.7. The van der Waals surface area contributed by atoms with Crippen molar-refractivity contribution < 1.29 is 14.7 Å². The van der Waals surface area contributed by atoms with Gasteiger partial charge in [0.15, 0.2) is 5.78 Å². The Morgan fingerprint density at radius 2 is 1.81 bits per heavy atom. The van der Waals surface area contributed by atoms with E-state index in [4.69, 9.17) is 0 Å². The number of amides is 2. The fourth-order valence-corrected chi connectivity index (χ4v) is 6.53. The second kappa shape index (κ2) is 9.85. The first kappa shape index (κ1) is 24.8. The van der Waals surface area contributed by atoms with Gasteiger partial charge in [0.1, 0.15) is 5.75 Å². The highest BCUT2D eigenvalue weighted by Gasteiger charge is 2.55. The Kier molecular flexibility index (Phi) is 6.77. The smallest absolute Gasteiger partial charge is 0.321 e. The van der Waals surface area contributed by atoms with E-state index in [0.29, 0.717) is 18.2 Å². The molecule has 1 N–H and O–H groups in total. The molecule has 7 nitrogen and oxygen atoms in total. The Labute approximate surface area is 214 Å². The number of nitrogens with zero attached hydrogens (tertiary/aromatic N) is 4. The van der Waals surface area contributed by atoms with Crippen molar-refractivity contribution in [3.8, 4) is 5.75 Å². The normalized spacial score (nSPS) is 26.6. The van der Waals surface area contributed by atoms with Crippen molar-refractivity contribution in [1.29, 1.82) is 0 Å². The summed E-state index contributed by atoms with van der Waals surface area (Å²) in [5.41, 5.74) is 1.43. The van der Waals surface area contributed by atoms with Gasteiger partial charge in [-0.15, -0.1) is 0 Å². The molecular formula is C29H38N4O3. The molecule has 0 radical (unpaired) electrons. The molecule has 2 aromatic rings. The highest BCUT2D eigenvalue weighted by molar-refractivity contribution is 5.88. The Hall–Kier alpha value is -2.93. The average Bonchev–Trinajstić information content (AvgIpc) is 3.08. The molecule has 1 aromatic carbocycles. The summed E-state index contributed by atoms with van der Waals surface area (Å²) in [6, 6.07) is 13.9. The van der Waals surface area contributed by atoms with E-state index >= 15 is 0 Å². The van der Waals surface area contributed by atoms with Gasteiger partial charge in [-0.2, -0.15) is 0 Å². The molecule has 3 aliphatic rings. The van der Waals surface area contributed by atoms with Gasteiger partial charge in [-0.3, -0.25) is 14.7 Å². The molecule has 1 aliphatic heterocycles. The highest BCUT2D eigenvalue weighted by Crippen LogP contribution is 2.49. The van der Waals surface area contributed by atoms with Crippen molar-refractivity contribution in [2.75, 3.05) is 33.7 Å². The van der Waals surface area contributed by atoms with Crippen molar-refractivity contribution in [1.82, 2.24) is 19.7 Å². The van der Waals surface area contributed by atoms with Crippen LogP contribution in [0.25, 0.3) is 0 Å². The lowest BCUT2D eigenvalue weighted by molar-refractivity contribution is -0.119. The predicted octanol–water partition coefficient (Wildman–Crippen LogP) is 4.21. The maximum Gasteiger partial charge on any atom is 0.321 e.